The molecule has 0 fully saturated rings. The van der Waals surface area contributed by atoms with Crippen LogP contribution in [-0.4, -0.2) is 12.5 Å². The summed E-state index contributed by atoms with van der Waals surface area (Å²) in [5.74, 6) is 0.139. The van der Waals surface area contributed by atoms with Crippen molar-refractivity contribution in [2.45, 2.75) is 13.5 Å². The molecule has 82 valence electrons. The number of hydrogen-bond acceptors (Lipinski definition) is 3. The van der Waals surface area contributed by atoms with E-state index in [2.05, 4.69) is 15.9 Å². The van der Waals surface area contributed by atoms with E-state index in [9.17, 15) is 4.79 Å². The summed E-state index contributed by atoms with van der Waals surface area (Å²) in [4.78, 5) is 10.6. The molecule has 4 N–H and O–H groups in total. The minimum absolute atomic E-state index is 0.129. The number of amides is 1. The van der Waals surface area contributed by atoms with Gasteiger partial charge in [0.05, 0.1) is 0 Å². The van der Waals surface area contributed by atoms with Crippen molar-refractivity contribution in [2.24, 2.45) is 11.5 Å². The largest absolute Gasteiger partial charge is 0.483 e. The first-order valence-electron chi connectivity index (χ1n) is 4.44. The topological polar surface area (TPSA) is 78.3 Å². The number of rotatable bonds is 4. The summed E-state index contributed by atoms with van der Waals surface area (Å²) >= 11 is 3.37. The standard InChI is InChI=1S/C10H13BrN2O2/c1-6-2-8(11)3-7(4-12)10(6)15-5-9(13)14/h2-3H,4-5,12H2,1H3,(H2,13,14). The van der Waals surface area contributed by atoms with Gasteiger partial charge in [-0.05, 0) is 24.6 Å². The van der Waals surface area contributed by atoms with E-state index < -0.39 is 5.91 Å². The molecule has 0 atom stereocenters. The van der Waals surface area contributed by atoms with Gasteiger partial charge in [-0.3, -0.25) is 4.79 Å². The van der Waals surface area contributed by atoms with Gasteiger partial charge in [0.1, 0.15) is 5.75 Å². The van der Waals surface area contributed by atoms with Crippen LogP contribution in [0.3, 0.4) is 0 Å². The first-order valence-corrected chi connectivity index (χ1v) is 5.24. The molecule has 0 aromatic heterocycles. The Morgan fingerprint density at radius 2 is 2.20 bits per heavy atom. The van der Waals surface area contributed by atoms with E-state index >= 15 is 0 Å². The third-order valence-electron chi connectivity index (χ3n) is 1.89. The molecule has 0 aliphatic carbocycles. The Morgan fingerprint density at radius 3 is 2.73 bits per heavy atom. The van der Waals surface area contributed by atoms with Crippen molar-refractivity contribution in [3.05, 3.63) is 27.7 Å². The summed E-state index contributed by atoms with van der Waals surface area (Å²) in [7, 11) is 0. The highest BCUT2D eigenvalue weighted by Crippen LogP contribution is 2.27. The number of nitrogens with two attached hydrogens (primary N) is 2. The number of ether oxygens (including phenoxy) is 1. The molecule has 0 unspecified atom stereocenters. The Morgan fingerprint density at radius 1 is 1.53 bits per heavy atom. The van der Waals surface area contributed by atoms with Crippen LogP contribution in [0.25, 0.3) is 0 Å². The molecule has 1 amide bonds. The van der Waals surface area contributed by atoms with Crippen molar-refractivity contribution in [1.82, 2.24) is 0 Å². The van der Waals surface area contributed by atoms with Gasteiger partial charge in [0.15, 0.2) is 6.61 Å². The zero-order valence-corrected chi connectivity index (χ0v) is 10.0. The molecule has 0 spiro atoms. The van der Waals surface area contributed by atoms with Gasteiger partial charge >= 0.3 is 0 Å². The van der Waals surface area contributed by atoms with Crippen LogP contribution in [0.4, 0.5) is 0 Å². The molecule has 0 aliphatic rings. The molecule has 1 rings (SSSR count). The smallest absolute Gasteiger partial charge is 0.255 e. The summed E-state index contributed by atoms with van der Waals surface area (Å²) in [5.41, 5.74) is 12.4. The molecule has 0 heterocycles. The lowest BCUT2D eigenvalue weighted by molar-refractivity contribution is -0.119. The Kier molecular flexibility index (Phi) is 4.11. The lowest BCUT2D eigenvalue weighted by Crippen LogP contribution is -2.21. The molecule has 4 nitrogen and oxygen atoms in total. The van der Waals surface area contributed by atoms with Crippen molar-refractivity contribution in [3.63, 3.8) is 0 Å². The third-order valence-corrected chi connectivity index (χ3v) is 2.35. The second-order valence-corrected chi connectivity index (χ2v) is 4.09. The van der Waals surface area contributed by atoms with Crippen LogP contribution in [-0.2, 0) is 11.3 Å². The Bertz CT molecular complexity index is 380. The Hall–Kier alpha value is -1.07. The lowest BCUT2D eigenvalue weighted by Gasteiger charge is -2.12. The van der Waals surface area contributed by atoms with Gasteiger partial charge in [-0.2, -0.15) is 0 Å². The first-order chi connectivity index (χ1) is 7.04. The summed E-state index contributed by atoms with van der Waals surface area (Å²) < 4.78 is 6.24. The summed E-state index contributed by atoms with van der Waals surface area (Å²) in [6.07, 6.45) is 0. The number of halogens is 1. The lowest BCUT2D eigenvalue weighted by atomic mass is 10.1. The highest BCUT2D eigenvalue weighted by atomic mass is 79.9. The van der Waals surface area contributed by atoms with E-state index in [1.54, 1.807) is 0 Å². The second-order valence-electron chi connectivity index (χ2n) is 3.17. The number of benzene rings is 1. The number of primary amides is 1. The van der Waals surface area contributed by atoms with E-state index in [0.29, 0.717) is 12.3 Å². The average molecular weight is 273 g/mol. The minimum Gasteiger partial charge on any atom is -0.483 e. The SMILES string of the molecule is Cc1cc(Br)cc(CN)c1OCC(N)=O. The maximum absolute atomic E-state index is 10.6. The fraction of sp³-hybridized carbons (Fsp3) is 0.300. The fourth-order valence-corrected chi connectivity index (χ4v) is 1.92. The number of hydrogen-bond donors (Lipinski definition) is 2. The molecule has 1 aromatic carbocycles. The highest BCUT2D eigenvalue weighted by molar-refractivity contribution is 9.10. The monoisotopic (exact) mass is 272 g/mol. The molecule has 0 saturated carbocycles. The second kappa shape index (κ2) is 5.14. The van der Waals surface area contributed by atoms with E-state index in [1.807, 2.05) is 19.1 Å². The van der Waals surface area contributed by atoms with Gasteiger partial charge in [0.25, 0.3) is 5.91 Å². The van der Waals surface area contributed by atoms with Crippen molar-refractivity contribution >= 4 is 21.8 Å². The summed E-state index contributed by atoms with van der Waals surface area (Å²) in [5, 5.41) is 0. The van der Waals surface area contributed by atoms with Crippen LogP contribution in [0.15, 0.2) is 16.6 Å². The molecular weight excluding hydrogens is 260 g/mol. The maximum atomic E-state index is 10.6. The summed E-state index contributed by atoms with van der Waals surface area (Å²) in [6.45, 7) is 2.12. The Balaban J connectivity index is 2.98. The van der Waals surface area contributed by atoms with Gasteiger partial charge < -0.3 is 16.2 Å². The minimum atomic E-state index is -0.500. The van der Waals surface area contributed by atoms with Crippen LogP contribution in [0, 0.1) is 6.92 Å². The van der Waals surface area contributed by atoms with Crippen LogP contribution in [0.1, 0.15) is 11.1 Å². The Labute approximate surface area is 96.7 Å². The van der Waals surface area contributed by atoms with Gasteiger partial charge in [0, 0.05) is 16.6 Å². The van der Waals surface area contributed by atoms with Crippen LogP contribution < -0.4 is 16.2 Å². The normalized spacial score (nSPS) is 10.1. The van der Waals surface area contributed by atoms with E-state index in [1.165, 1.54) is 0 Å². The quantitative estimate of drug-likeness (QED) is 0.861. The van der Waals surface area contributed by atoms with E-state index in [0.717, 1.165) is 15.6 Å². The van der Waals surface area contributed by atoms with Crippen molar-refractivity contribution in [3.8, 4) is 5.75 Å². The van der Waals surface area contributed by atoms with Gasteiger partial charge in [0.2, 0.25) is 0 Å². The van der Waals surface area contributed by atoms with Crippen molar-refractivity contribution in [2.75, 3.05) is 6.61 Å². The zero-order chi connectivity index (χ0) is 11.4. The van der Waals surface area contributed by atoms with Crippen LogP contribution >= 0.6 is 15.9 Å². The van der Waals surface area contributed by atoms with Crippen molar-refractivity contribution < 1.29 is 9.53 Å². The van der Waals surface area contributed by atoms with Crippen LogP contribution in [0.5, 0.6) is 5.75 Å². The van der Waals surface area contributed by atoms with Gasteiger partial charge in [-0.25, -0.2) is 0 Å². The molecule has 5 heteroatoms. The highest BCUT2D eigenvalue weighted by Gasteiger charge is 2.08. The fourth-order valence-electron chi connectivity index (χ4n) is 1.30. The predicted molar refractivity (Wildman–Crippen MR) is 61.5 cm³/mol. The molecule has 0 aliphatic heterocycles. The summed E-state index contributed by atoms with van der Waals surface area (Å²) in [6, 6.07) is 3.76. The number of aryl methyl sites for hydroxylation is 1. The van der Waals surface area contributed by atoms with Gasteiger partial charge in [-0.15, -0.1) is 0 Å². The molecule has 0 bridgehead atoms. The third kappa shape index (κ3) is 3.21. The number of carbonyl (C=O) groups is 1. The van der Waals surface area contributed by atoms with Crippen LogP contribution in [0.2, 0.25) is 0 Å². The number of carbonyl (C=O) groups excluding carboxylic acids is 1. The average Bonchev–Trinajstić information content (AvgIpc) is 2.14. The van der Waals surface area contributed by atoms with Crippen molar-refractivity contribution in [1.29, 1.82) is 0 Å². The molecule has 0 saturated heterocycles. The molecule has 1 aromatic rings. The zero-order valence-electron chi connectivity index (χ0n) is 8.42. The predicted octanol–water partition coefficient (Wildman–Crippen LogP) is 1.08. The molecule has 15 heavy (non-hydrogen) atoms. The van der Waals surface area contributed by atoms with E-state index in [4.69, 9.17) is 16.2 Å². The maximum Gasteiger partial charge on any atom is 0.255 e. The first kappa shape index (κ1) is 12.0. The molecule has 0 radical (unpaired) electrons. The molecular formula is C10H13BrN2O2. The van der Waals surface area contributed by atoms with Gasteiger partial charge in [-0.1, -0.05) is 15.9 Å². The van der Waals surface area contributed by atoms with E-state index in [-0.39, 0.29) is 6.61 Å².